The molecule has 39 heavy (non-hydrogen) atoms. The van der Waals surface area contributed by atoms with E-state index in [0.717, 1.165) is 22.0 Å². The third-order valence-electron chi connectivity index (χ3n) is 6.59. The number of carboxylic acids is 1. The monoisotopic (exact) mass is 527 g/mol. The number of methoxy groups -OCH3 is 1. The van der Waals surface area contributed by atoms with Gasteiger partial charge in [0.2, 0.25) is 5.91 Å². The highest BCUT2D eigenvalue weighted by molar-refractivity contribution is 6.01. The van der Waals surface area contributed by atoms with Crippen molar-refractivity contribution in [1.29, 1.82) is 5.41 Å². The average Bonchev–Trinajstić information content (AvgIpc) is 3.28. The highest BCUT2D eigenvalue weighted by Crippen LogP contribution is 2.33. The third-order valence-corrected chi connectivity index (χ3v) is 6.59. The van der Waals surface area contributed by atoms with Gasteiger partial charge in [-0.2, -0.15) is 0 Å². The quantitative estimate of drug-likeness (QED) is 0.166. The Morgan fingerprint density at radius 3 is 2.33 bits per heavy atom. The van der Waals surface area contributed by atoms with Gasteiger partial charge in [0.1, 0.15) is 11.6 Å². The predicted molar refractivity (Wildman–Crippen MR) is 149 cm³/mol. The standard InChI is InChI=1S/C29H29N5O5/c1-32-26(35)12-19-15-34(25-9-6-16(27(30)31)10-23(19)25)14-18-5-4-17(28(36)33-2)11-22(18)21-8-7-20(39-3)13-24(21)29(37)38/h4-11,13,15H,12,14H2,1-3H3,(H3,30,31)(H,32,35)(H,33,36)(H,37,38). The molecule has 0 aliphatic rings. The van der Waals surface area contributed by atoms with Crippen LogP contribution in [0.1, 0.15) is 37.4 Å². The number of amidine groups is 1. The van der Waals surface area contributed by atoms with E-state index in [9.17, 15) is 19.5 Å². The maximum Gasteiger partial charge on any atom is 0.336 e. The summed E-state index contributed by atoms with van der Waals surface area (Å²) in [7, 11) is 4.56. The highest BCUT2D eigenvalue weighted by Gasteiger charge is 2.20. The van der Waals surface area contributed by atoms with Gasteiger partial charge in [0.25, 0.3) is 5.91 Å². The van der Waals surface area contributed by atoms with E-state index in [4.69, 9.17) is 15.9 Å². The minimum atomic E-state index is -1.13. The van der Waals surface area contributed by atoms with Crippen LogP contribution in [0.15, 0.2) is 60.8 Å². The molecule has 6 N–H and O–H groups in total. The average molecular weight is 528 g/mol. The first-order valence-corrected chi connectivity index (χ1v) is 12.1. The number of carboxylic acid groups (broad SMARTS) is 1. The summed E-state index contributed by atoms with van der Waals surface area (Å²) in [5.74, 6) is -1.28. The topological polar surface area (TPSA) is 160 Å². The summed E-state index contributed by atoms with van der Waals surface area (Å²) >= 11 is 0. The number of nitrogen functional groups attached to an aromatic ring is 1. The van der Waals surface area contributed by atoms with E-state index in [0.29, 0.717) is 34.5 Å². The number of aromatic carboxylic acids is 1. The third kappa shape index (κ3) is 5.45. The molecule has 0 fully saturated rings. The van der Waals surface area contributed by atoms with Gasteiger partial charge < -0.3 is 30.8 Å². The number of likely N-dealkylation sites (N-methyl/N-ethyl adjacent to an activating group) is 1. The van der Waals surface area contributed by atoms with Gasteiger partial charge in [-0.25, -0.2) is 4.79 Å². The van der Waals surface area contributed by atoms with E-state index in [1.807, 2.05) is 16.8 Å². The number of rotatable bonds is 9. The Morgan fingerprint density at radius 1 is 0.949 bits per heavy atom. The molecule has 10 nitrogen and oxygen atoms in total. The van der Waals surface area contributed by atoms with Crippen LogP contribution in [-0.2, 0) is 17.8 Å². The second kappa shape index (κ2) is 11.1. The molecule has 0 saturated carbocycles. The van der Waals surface area contributed by atoms with Gasteiger partial charge in [-0.1, -0.05) is 6.07 Å². The fourth-order valence-electron chi connectivity index (χ4n) is 4.57. The van der Waals surface area contributed by atoms with Gasteiger partial charge in [-0.3, -0.25) is 15.0 Å². The molecule has 0 spiro atoms. The largest absolute Gasteiger partial charge is 0.497 e. The lowest BCUT2D eigenvalue weighted by Crippen LogP contribution is -2.19. The molecule has 3 aromatic carbocycles. The summed E-state index contributed by atoms with van der Waals surface area (Å²) in [5.41, 5.74) is 10.0. The molecule has 0 aliphatic carbocycles. The number of nitrogens with two attached hydrogens (primary N) is 1. The summed E-state index contributed by atoms with van der Waals surface area (Å²) in [4.78, 5) is 36.9. The highest BCUT2D eigenvalue weighted by atomic mass is 16.5. The van der Waals surface area contributed by atoms with Crippen LogP contribution >= 0.6 is 0 Å². The molecule has 0 atom stereocenters. The van der Waals surface area contributed by atoms with E-state index < -0.39 is 5.97 Å². The van der Waals surface area contributed by atoms with Crippen molar-refractivity contribution >= 4 is 34.5 Å². The van der Waals surface area contributed by atoms with Gasteiger partial charge in [0, 0.05) is 48.9 Å². The molecule has 200 valence electrons. The Labute approximate surface area is 224 Å². The molecule has 0 saturated heterocycles. The molecule has 0 radical (unpaired) electrons. The molecule has 1 aromatic heterocycles. The first-order valence-electron chi connectivity index (χ1n) is 12.1. The second-order valence-electron chi connectivity index (χ2n) is 8.95. The Hall–Kier alpha value is -5.12. The number of nitrogens with zero attached hydrogens (tertiary/aromatic N) is 1. The molecule has 0 bridgehead atoms. The minimum Gasteiger partial charge on any atom is -0.497 e. The van der Waals surface area contributed by atoms with Gasteiger partial charge >= 0.3 is 5.97 Å². The number of fused-ring (bicyclic) bond motifs is 1. The lowest BCUT2D eigenvalue weighted by Gasteiger charge is -2.16. The van der Waals surface area contributed by atoms with Crippen molar-refractivity contribution in [2.45, 2.75) is 13.0 Å². The van der Waals surface area contributed by atoms with Crippen molar-refractivity contribution in [3.05, 3.63) is 88.6 Å². The van der Waals surface area contributed by atoms with Crippen molar-refractivity contribution < 1.29 is 24.2 Å². The molecule has 4 aromatic rings. The number of aromatic nitrogens is 1. The van der Waals surface area contributed by atoms with Gasteiger partial charge in [-0.15, -0.1) is 0 Å². The predicted octanol–water partition coefficient (Wildman–Crippen LogP) is 3.00. The van der Waals surface area contributed by atoms with Crippen LogP contribution in [0, 0.1) is 5.41 Å². The summed E-state index contributed by atoms with van der Waals surface area (Å²) in [6, 6.07) is 15.3. The number of benzene rings is 3. The fraction of sp³-hybridized carbons (Fsp3) is 0.172. The molecular weight excluding hydrogens is 498 g/mol. The zero-order valence-electron chi connectivity index (χ0n) is 21.8. The summed E-state index contributed by atoms with van der Waals surface area (Å²) in [6.45, 7) is 0.318. The summed E-state index contributed by atoms with van der Waals surface area (Å²) in [5, 5.41) is 23.8. The van der Waals surface area contributed by atoms with Gasteiger partial charge in [-0.05, 0) is 70.8 Å². The zero-order valence-corrected chi connectivity index (χ0v) is 21.8. The first-order chi connectivity index (χ1) is 18.7. The molecule has 2 amide bonds. The number of carbonyl (C=O) groups excluding carboxylic acids is 2. The molecule has 0 unspecified atom stereocenters. The van der Waals surface area contributed by atoms with E-state index in [-0.39, 0.29) is 29.6 Å². The number of nitrogens with one attached hydrogen (secondary N) is 3. The van der Waals surface area contributed by atoms with Crippen molar-refractivity contribution in [2.24, 2.45) is 5.73 Å². The number of ether oxygens (including phenoxy) is 1. The SMILES string of the molecule is CNC(=O)Cc1cn(Cc2ccc(C(=O)NC)cc2-c2ccc(OC)cc2C(=O)O)c2ccc(C(=N)N)cc12. The maximum absolute atomic E-state index is 12.5. The van der Waals surface area contributed by atoms with Crippen LogP contribution in [0.3, 0.4) is 0 Å². The second-order valence-corrected chi connectivity index (χ2v) is 8.95. The van der Waals surface area contributed by atoms with E-state index >= 15 is 0 Å². The zero-order chi connectivity index (χ0) is 28.3. The summed E-state index contributed by atoms with van der Waals surface area (Å²) in [6.07, 6.45) is 2.00. The van der Waals surface area contributed by atoms with Gasteiger partial charge in [0.15, 0.2) is 0 Å². The van der Waals surface area contributed by atoms with Crippen LogP contribution in [0.4, 0.5) is 0 Å². The van der Waals surface area contributed by atoms with E-state index in [1.54, 1.807) is 49.5 Å². The Morgan fingerprint density at radius 2 is 1.69 bits per heavy atom. The number of carbonyl (C=O) groups is 3. The lowest BCUT2D eigenvalue weighted by molar-refractivity contribution is -0.119. The molecule has 1 heterocycles. The first kappa shape index (κ1) is 26.9. The Kier molecular flexibility index (Phi) is 7.66. The molecule has 4 rings (SSSR count). The number of hydrogen-bond donors (Lipinski definition) is 5. The molecular formula is C29H29N5O5. The molecule has 0 aliphatic heterocycles. The maximum atomic E-state index is 12.5. The lowest BCUT2D eigenvalue weighted by atomic mass is 9.93. The van der Waals surface area contributed by atoms with E-state index in [1.165, 1.54) is 20.2 Å². The Bertz CT molecular complexity index is 1620. The van der Waals surface area contributed by atoms with Crippen LogP contribution in [-0.4, -0.2) is 54.5 Å². The number of hydrogen-bond acceptors (Lipinski definition) is 5. The number of amides is 2. The van der Waals surface area contributed by atoms with Crippen molar-refractivity contribution in [1.82, 2.24) is 15.2 Å². The van der Waals surface area contributed by atoms with Gasteiger partial charge in [0.05, 0.1) is 19.1 Å². The van der Waals surface area contributed by atoms with Crippen molar-refractivity contribution in [2.75, 3.05) is 21.2 Å². The minimum absolute atomic E-state index is 0.0356. The van der Waals surface area contributed by atoms with Crippen LogP contribution < -0.4 is 21.1 Å². The van der Waals surface area contributed by atoms with Crippen LogP contribution in [0.25, 0.3) is 22.0 Å². The molecule has 10 heteroatoms. The Balaban J connectivity index is 1.91. The van der Waals surface area contributed by atoms with Crippen LogP contribution in [0.2, 0.25) is 0 Å². The smallest absolute Gasteiger partial charge is 0.336 e. The normalized spacial score (nSPS) is 10.7. The van der Waals surface area contributed by atoms with Crippen LogP contribution in [0.5, 0.6) is 5.75 Å². The van der Waals surface area contributed by atoms with Crippen molar-refractivity contribution in [3.63, 3.8) is 0 Å². The van der Waals surface area contributed by atoms with Crippen molar-refractivity contribution in [3.8, 4) is 16.9 Å². The fourth-order valence-corrected chi connectivity index (χ4v) is 4.57. The summed E-state index contributed by atoms with van der Waals surface area (Å²) < 4.78 is 7.19. The van der Waals surface area contributed by atoms with E-state index in [2.05, 4.69) is 10.6 Å².